The van der Waals surface area contributed by atoms with Crippen LogP contribution in [0.5, 0.6) is 5.75 Å². The fourth-order valence-corrected chi connectivity index (χ4v) is 3.60. The zero-order valence-electron chi connectivity index (χ0n) is 17.8. The van der Waals surface area contributed by atoms with E-state index in [-0.39, 0.29) is 11.8 Å². The number of hydrogen-bond acceptors (Lipinski definition) is 5. The summed E-state index contributed by atoms with van der Waals surface area (Å²) in [6.07, 6.45) is 0.599. The SMILES string of the molecule is CCN(Cc1ccccc1)C1=C(c2ccc(OC)cc2)C(=O)N(CCCOC)C1=O. The van der Waals surface area contributed by atoms with Gasteiger partial charge in [-0.3, -0.25) is 14.5 Å². The molecule has 0 aliphatic carbocycles. The van der Waals surface area contributed by atoms with Crippen LogP contribution in [0.25, 0.3) is 5.57 Å². The summed E-state index contributed by atoms with van der Waals surface area (Å²) in [6, 6.07) is 17.2. The summed E-state index contributed by atoms with van der Waals surface area (Å²) in [4.78, 5) is 30.0. The molecule has 0 saturated carbocycles. The normalized spacial score (nSPS) is 13.9. The van der Waals surface area contributed by atoms with Gasteiger partial charge in [-0.05, 0) is 36.6 Å². The Kier molecular flexibility index (Phi) is 7.25. The summed E-state index contributed by atoms with van der Waals surface area (Å²) in [5.41, 5.74) is 2.69. The number of methoxy groups -OCH3 is 2. The van der Waals surface area contributed by atoms with Crippen LogP contribution in [0.2, 0.25) is 0 Å². The zero-order valence-corrected chi connectivity index (χ0v) is 17.8. The lowest BCUT2D eigenvalue weighted by Crippen LogP contribution is -2.36. The third-order valence-electron chi connectivity index (χ3n) is 5.17. The van der Waals surface area contributed by atoms with E-state index < -0.39 is 0 Å². The monoisotopic (exact) mass is 408 g/mol. The van der Waals surface area contributed by atoms with Crippen molar-refractivity contribution in [3.05, 3.63) is 71.4 Å². The van der Waals surface area contributed by atoms with Crippen LogP contribution in [0.4, 0.5) is 0 Å². The molecule has 1 aliphatic heterocycles. The van der Waals surface area contributed by atoms with E-state index in [4.69, 9.17) is 9.47 Å². The van der Waals surface area contributed by atoms with Gasteiger partial charge in [0.2, 0.25) is 0 Å². The van der Waals surface area contributed by atoms with Gasteiger partial charge in [0, 0.05) is 33.4 Å². The van der Waals surface area contributed by atoms with E-state index in [0.717, 1.165) is 5.56 Å². The number of amides is 2. The fraction of sp³-hybridized carbons (Fsp3) is 0.333. The van der Waals surface area contributed by atoms with Crippen molar-refractivity contribution in [1.82, 2.24) is 9.80 Å². The van der Waals surface area contributed by atoms with E-state index >= 15 is 0 Å². The maximum Gasteiger partial charge on any atom is 0.277 e. The molecular formula is C24H28N2O4. The van der Waals surface area contributed by atoms with Gasteiger partial charge >= 0.3 is 0 Å². The minimum absolute atomic E-state index is 0.250. The summed E-state index contributed by atoms with van der Waals surface area (Å²) in [5.74, 6) is 0.189. The van der Waals surface area contributed by atoms with Crippen molar-refractivity contribution in [3.8, 4) is 5.75 Å². The van der Waals surface area contributed by atoms with Crippen LogP contribution in [0, 0.1) is 0 Å². The van der Waals surface area contributed by atoms with E-state index in [1.54, 1.807) is 26.4 Å². The van der Waals surface area contributed by atoms with Gasteiger partial charge in [-0.25, -0.2) is 0 Å². The third-order valence-corrected chi connectivity index (χ3v) is 5.17. The number of ether oxygens (including phenoxy) is 2. The molecule has 0 radical (unpaired) electrons. The van der Waals surface area contributed by atoms with E-state index in [1.165, 1.54) is 4.90 Å². The number of carbonyl (C=O) groups is 2. The van der Waals surface area contributed by atoms with Crippen molar-refractivity contribution in [2.24, 2.45) is 0 Å². The topological polar surface area (TPSA) is 59.1 Å². The maximum atomic E-state index is 13.3. The summed E-state index contributed by atoms with van der Waals surface area (Å²) in [7, 11) is 3.21. The van der Waals surface area contributed by atoms with Crippen molar-refractivity contribution >= 4 is 17.4 Å². The molecule has 1 aliphatic rings. The number of hydrogen-bond donors (Lipinski definition) is 0. The molecule has 3 rings (SSSR count). The lowest BCUT2D eigenvalue weighted by atomic mass is 10.0. The molecule has 0 aromatic heterocycles. The van der Waals surface area contributed by atoms with Crippen molar-refractivity contribution in [3.63, 3.8) is 0 Å². The minimum Gasteiger partial charge on any atom is -0.497 e. The number of imide groups is 1. The van der Waals surface area contributed by atoms with Gasteiger partial charge in [0.25, 0.3) is 11.8 Å². The molecule has 1 heterocycles. The lowest BCUT2D eigenvalue weighted by Gasteiger charge is -2.25. The van der Waals surface area contributed by atoms with Crippen molar-refractivity contribution in [1.29, 1.82) is 0 Å². The molecule has 6 heteroatoms. The molecule has 0 N–H and O–H groups in total. The van der Waals surface area contributed by atoms with E-state index in [9.17, 15) is 9.59 Å². The average molecular weight is 408 g/mol. The summed E-state index contributed by atoms with van der Waals surface area (Å²) < 4.78 is 10.3. The van der Waals surface area contributed by atoms with Crippen LogP contribution >= 0.6 is 0 Å². The first-order valence-electron chi connectivity index (χ1n) is 10.1. The van der Waals surface area contributed by atoms with Gasteiger partial charge in [0.15, 0.2) is 0 Å². The van der Waals surface area contributed by atoms with Gasteiger partial charge in [-0.1, -0.05) is 42.5 Å². The predicted octanol–water partition coefficient (Wildman–Crippen LogP) is 3.33. The first-order chi connectivity index (χ1) is 14.6. The van der Waals surface area contributed by atoms with Gasteiger partial charge in [-0.2, -0.15) is 0 Å². The summed E-state index contributed by atoms with van der Waals surface area (Å²) in [6.45, 7) is 3.97. The Bertz CT molecular complexity index is 907. The fourth-order valence-electron chi connectivity index (χ4n) is 3.60. The maximum absolute atomic E-state index is 13.3. The van der Waals surface area contributed by atoms with Crippen molar-refractivity contribution in [2.75, 3.05) is 33.9 Å². The second-order valence-electron chi connectivity index (χ2n) is 7.06. The van der Waals surface area contributed by atoms with Gasteiger partial charge in [-0.15, -0.1) is 0 Å². The standard InChI is InChI=1S/C24H28N2O4/c1-4-25(17-18-9-6-5-7-10-18)22-21(19-11-13-20(30-3)14-12-19)23(27)26(24(22)28)15-8-16-29-2/h5-7,9-14H,4,8,15-17H2,1-3H3. The van der Waals surface area contributed by atoms with Crippen LogP contribution in [0.1, 0.15) is 24.5 Å². The number of nitrogens with zero attached hydrogens (tertiary/aromatic N) is 2. The summed E-state index contributed by atoms with van der Waals surface area (Å²) in [5, 5.41) is 0. The highest BCUT2D eigenvalue weighted by Crippen LogP contribution is 2.33. The predicted molar refractivity (Wildman–Crippen MR) is 116 cm³/mol. The van der Waals surface area contributed by atoms with Crippen LogP contribution in [0.3, 0.4) is 0 Å². The quantitative estimate of drug-likeness (QED) is 0.446. The number of likely N-dealkylation sites (N-methyl/N-ethyl adjacent to an activating group) is 1. The van der Waals surface area contributed by atoms with Crippen LogP contribution in [0.15, 0.2) is 60.3 Å². The molecule has 0 spiro atoms. The van der Waals surface area contributed by atoms with Gasteiger partial charge in [0.1, 0.15) is 11.4 Å². The number of carbonyl (C=O) groups excluding carboxylic acids is 2. The second-order valence-corrected chi connectivity index (χ2v) is 7.06. The van der Waals surface area contributed by atoms with Crippen LogP contribution < -0.4 is 4.74 Å². The molecule has 2 amide bonds. The second kappa shape index (κ2) is 10.1. The highest BCUT2D eigenvalue weighted by molar-refractivity contribution is 6.35. The molecular weight excluding hydrogens is 380 g/mol. The molecule has 6 nitrogen and oxygen atoms in total. The van der Waals surface area contributed by atoms with Gasteiger partial charge in [0.05, 0.1) is 12.7 Å². The van der Waals surface area contributed by atoms with Crippen LogP contribution in [-0.4, -0.2) is 55.5 Å². The Morgan fingerprint density at radius 1 is 0.933 bits per heavy atom. The van der Waals surface area contributed by atoms with E-state index in [1.807, 2.05) is 54.3 Å². The first kappa shape index (κ1) is 21.6. The molecule has 0 fully saturated rings. The minimum atomic E-state index is -0.261. The Balaban J connectivity index is 2.01. The Morgan fingerprint density at radius 3 is 2.23 bits per heavy atom. The van der Waals surface area contributed by atoms with Crippen LogP contribution in [-0.2, 0) is 20.9 Å². The van der Waals surface area contributed by atoms with Crippen molar-refractivity contribution in [2.45, 2.75) is 19.9 Å². The Morgan fingerprint density at radius 2 is 1.63 bits per heavy atom. The van der Waals surface area contributed by atoms with Crippen molar-refractivity contribution < 1.29 is 19.1 Å². The molecule has 158 valence electrons. The molecule has 0 bridgehead atoms. The smallest absolute Gasteiger partial charge is 0.277 e. The largest absolute Gasteiger partial charge is 0.497 e. The van der Waals surface area contributed by atoms with E-state index in [0.29, 0.717) is 55.2 Å². The number of benzene rings is 2. The summed E-state index contributed by atoms with van der Waals surface area (Å²) >= 11 is 0. The zero-order chi connectivity index (χ0) is 21.5. The molecule has 2 aromatic carbocycles. The van der Waals surface area contributed by atoms with E-state index in [2.05, 4.69) is 0 Å². The number of rotatable bonds is 10. The molecule has 30 heavy (non-hydrogen) atoms. The Hall–Kier alpha value is -3.12. The average Bonchev–Trinajstić information content (AvgIpc) is 3.03. The molecule has 0 unspecified atom stereocenters. The Labute approximate surface area is 177 Å². The highest BCUT2D eigenvalue weighted by atomic mass is 16.5. The molecule has 2 aromatic rings. The van der Waals surface area contributed by atoms with Gasteiger partial charge < -0.3 is 14.4 Å². The lowest BCUT2D eigenvalue weighted by molar-refractivity contribution is -0.137. The first-order valence-corrected chi connectivity index (χ1v) is 10.1. The third kappa shape index (κ3) is 4.54. The highest BCUT2D eigenvalue weighted by Gasteiger charge is 2.40. The molecule has 0 atom stereocenters. The molecule has 0 saturated heterocycles.